The van der Waals surface area contributed by atoms with E-state index in [0.717, 1.165) is 45.0 Å². The largest absolute Gasteiger partial charge is 0.378 e. The first-order valence-corrected chi connectivity index (χ1v) is 8.09. The van der Waals surface area contributed by atoms with Crippen molar-refractivity contribution in [3.63, 3.8) is 0 Å². The van der Waals surface area contributed by atoms with Gasteiger partial charge in [-0.15, -0.1) is 0 Å². The number of carbonyl (C=O) groups is 1. The maximum Gasteiger partial charge on any atom is 0.314 e. The van der Waals surface area contributed by atoms with Crippen molar-refractivity contribution in [3.8, 4) is 0 Å². The molecule has 20 heavy (non-hydrogen) atoms. The molecular formula is C15H29N3O2. The van der Waals surface area contributed by atoms with E-state index in [1.54, 1.807) is 0 Å². The highest BCUT2D eigenvalue weighted by Crippen LogP contribution is 2.21. The Balaban J connectivity index is 1.47. The van der Waals surface area contributed by atoms with Gasteiger partial charge in [0.15, 0.2) is 0 Å². The standard InChI is InChI=1S/C15H29N3O2/c1-18(13-5-2-3-6-13)11-10-17-15(19)16-9-8-14-7-4-12-20-14/h13-14H,2-12H2,1H3,(H2,16,17,19)/t14-/m1/s1. The van der Waals surface area contributed by atoms with Crippen molar-refractivity contribution in [1.82, 2.24) is 15.5 Å². The zero-order chi connectivity index (χ0) is 14.2. The van der Waals surface area contributed by atoms with Crippen molar-refractivity contribution in [2.75, 3.05) is 33.3 Å². The lowest BCUT2D eigenvalue weighted by atomic mass is 10.2. The maximum atomic E-state index is 11.6. The van der Waals surface area contributed by atoms with Gasteiger partial charge >= 0.3 is 6.03 Å². The van der Waals surface area contributed by atoms with E-state index in [1.807, 2.05) is 0 Å². The molecule has 2 N–H and O–H groups in total. The van der Waals surface area contributed by atoms with Crippen LogP contribution in [-0.4, -0.2) is 56.4 Å². The highest BCUT2D eigenvalue weighted by atomic mass is 16.5. The molecule has 0 unspecified atom stereocenters. The summed E-state index contributed by atoms with van der Waals surface area (Å²) in [7, 11) is 2.16. The zero-order valence-electron chi connectivity index (χ0n) is 12.7. The van der Waals surface area contributed by atoms with Crippen LogP contribution in [-0.2, 0) is 4.74 Å². The van der Waals surface area contributed by atoms with Gasteiger partial charge in [-0.05, 0) is 39.2 Å². The van der Waals surface area contributed by atoms with E-state index in [2.05, 4.69) is 22.6 Å². The van der Waals surface area contributed by atoms with Crippen LogP contribution in [0.4, 0.5) is 4.79 Å². The number of likely N-dealkylation sites (N-methyl/N-ethyl adjacent to an activating group) is 1. The van der Waals surface area contributed by atoms with Crippen molar-refractivity contribution >= 4 is 6.03 Å². The van der Waals surface area contributed by atoms with Crippen molar-refractivity contribution < 1.29 is 9.53 Å². The number of carbonyl (C=O) groups excluding carboxylic acids is 1. The molecule has 1 saturated carbocycles. The number of nitrogens with zero attached hydrogens (tertiary/aromatic N) is 1. The van der Waals surface area contributed by atoms with Crippen LogP contribution in [0.25, 0.3) is 0 Å². The average Bonchev–Trinajstić information content (AvgIpc) is 3.12. The van der Waals surface area contributed by atoms with Crippen LogP contribution >= 0.6 is 0 Å². The Morgan fingerprint density at radius 2 is 1.90 bits per heavy atom. The first-order valence-electron chi connectivity index (χ1n) is 8.09. The van der Waals surface area contributed by atoms with Gasteiger partial charge in [-0.2, -0.15) is 0 Å². The minimum absolute atomic E-state index is 0.0529. The minimum atomic E-state index is -0.0529. The Hall–Kier alpha value is -0.810. The van der Waals surface area contributed by atoms with Crippen LogP contribution in [0.3, 0.4) is 0 Å². The predicted molar refractivity (Wildman–Crippen MR) is 79.9 cm³/mol. The molecule has 2 amide bonds. The van der Waals surface area contributed by atoms with Gasteiger partial charge in [0.25, 0.3) is 0 Å². The molecular weight excluding hydrogens is 254 g/mol. The van der Waals surface area contributed by atoms with Crippen molar-refractivity contribution in [1.29, 1.82) is 0 Å². The smallest absolute Gasteiger partial charge is 0.314 e. The Bertz CT molecular complexity index is 287. The third kappa shape index (κ3) is 5.29. The second-order valence-corrected chi connectivity index (χ2v) is 6.03. The van der Waals surface area contributed by atoms with Gasteiger partial charge in [0.2, 0.25) is 0 Å². The van der Waals surface area contributed by atoms with Crippen molar-refractivity contribution in [2.45, 2.75) is 57.1 Å². The molecule has 0 aromatic heterocycles. The number of rotatable bonds is 7. The van der Waals surface area contributed by atoms with Crippen molar-refractivity contribution in [3.05, 3.63) is 0 Å². The molecule has 1 heterocycles. The number of amides is 2. The summed E-state index contributed by atoms with van der Waals surface area (Å²) in [4.78, 5) is 14.0. The van der Waals surface area contributed by atoms with Crippen LogP contribution < -0.4 is 10.6 Å². The summed E-state index contributed by atoms with van der Waals surface area (Å²) in [5.41, 5.74) is 0. The number of hydrogen-bond donors (Lipinski definition) is 2. The van der Waals surface area contributed by atoms with E-state index in [4.69, 9.17) is 4.74 Å². The number of hydrogen-bond acceptors (Lipinski definition) is 3. The lowest BCUT2D eigenvalue weighted by molar-refractivity contribution is 0.104. The molecule has 2 fully saturated rings. The Morgan fingerprint density at radius 3 is 2.60 bits per heavy atom. The van der Waals surface area contributed by atoms with Crippen LogP contribution in [0.1, 0.15) is 44.9 Å². The Labute approximate surface area is 122 Å². The molecule has 0 aromatic carbocycles. The predicted octanol–water partition coefficient (Wildman–Crippen LogP) is 1.73. The van der Waals surface area contributed by atoms with E-state index in [-0.39, 0.29) is 6.03 Å². The van der Waals surface area contributed by atoms with Crippen LogP contribution in [0.15, 0.2) is 0 Å². The number of nitrogens with one attached hydrogen (secondary N) is 2. The molecule has 2 rings (SSSR count). The summed E-state index contributed by atoms with van der Waals surface area (Å²) in [6.45, 7) is 3.24. The first-order chi connectivity index (χ1) is 9.75. The minimum Gasteiger partial charge on any atom is -0.378 e. The molecule has 5 nitrogen and oxygen atoms in total. The molecule has 5 heteroatoms. The second-order valence-electron chi connectivity index (χ2n) is 6.03. The normalized spacial score (nSPS) is 23.4. The quantitative estimate of drug-likeness (QED) is 0.748. The highest BCUT2D eigenvalue weighted by Gasteiger charge is 2.19. The summed E-state index contributed by atoms with van der Waals surface area (Å²) in [5.74, 6) is 0. The van der Waals surface area contributed by atoms with E-state index in [0.29, 0.717) is 12.6 Å². The summed E-state index contributed by atoms with van der Waals surface area (Å²) in [6.07, 6.45) is 8.89. The first kappa shape index (κ1) is 15.6. The molecule has 1 atom stereocenters. The van der Waals surface area contributed by atoms with Gasteiger partial charge < -0.3 is 20.3 Å². The van der Waals surface area contributed by atoms with Crippen LogP contribution in [0.2, 0.25) is 0 Å². The van der Waals surface area contributed by atoms with E-state index >= 15 is 0 Å². The average molecular weight is 283 g/mol. The van der Waals surface area contributed by atoms with Gasteiger partial charge in [0, 0.05) is 32.3 Å². The number of ether oxygens (including phenoxy) is 1. The SMILES string of the molecule is CN(CCNC(=O)NCC[C@H]1CCCO1)C1CCCC1. The van der Waals surface area contributed by atoms with Gasteiger partial charge in [-0.25, -0.2) is 4.79 Å². The van der Waals surface area contributed by atoms with E-state index in [1.165, 1.54) is 25.7 Å². The fourth-order valence-electron chi connectivity index (χ4n) is 3.15. The molecule has 1 saturated heterocycles. The Morgan fingerprint density at radius 1 is 1.15 bits per heavy atom. The lowest BCUT2D eigenvalue weighted by Gasteiger charge is -2.23. The van der Waals surface area contributed by atoms with Gasteiger partial charge in [-0.3, -0.25) is 0 Å². The molecule has 116 valence electrons. The third-order valence-electron chi connectivity index (χ3n) is 4.47. The van der Waals surface area contributed by atoms with Gasteiger partial charge in [0.05, 0.1) is 6.10 Å². The molecule has 2 aliphatic rings. The lowest BCUT2D eigenvalue weighted by Crippen LogP contribution is -2.42. The van der Waals surface area contributed by atoms with Gasteiger partial charge in [0.1, 0.15) is 0 Å². The molecule has 0 bridgehead atoms. The highest BCUT2D eigenvalue weighted by molar-refractivity contribution is 5.73. The monoisotopic (exact) mass is 283 g/mol. The second kappa shape index (κ2) is 8.47. The van der Waals surface area contributed by atoms with Gasteiger partial charge in [-0.1, -0.05) is 12.8 Å². The summed E-state index contributed by atoms with van der Waals surface area (Å²) < 4.78 is 5.53. The Kier molecular flexibility index (Phi) is 6.60. The topological polar surface area (TPSA) is 53.6 Å². The summed E-state index contributed by atoms with van der Waals surface area (Å²) >= 11 is 0. The number of urea groups is 1. The molecule has 0 spiro atoms. The maximum absolute atomic E-state index is 11.6. The van der Waals surface area contributed by atoms with Crippen molar-refractivity contribution in [2.24, 2.45) is 0 Å². The fourth-order valence-corrected chi connectivity index (χ4v) is 3.15. The van der Waals surface area contributed by atoms with E-state index < -0.39 is 0 Å². The molecule has 1 aliphatic heterocycles. The van der Waals surface area contributed by atoms with E-state index in [9.17, 15) is 4.79 Å². The molecule has 1 aliphatic carbocycles. The third-order valence-corrected chi connectivity index (χ3v) is 4.47. The van der Waals surface area contributed by atoms with Crippen LogP contribution in [0.5, 0.6) is 0 Å². The molecule has 0 radical (unpaired) electrons. The zero-order valence-corrected chi connectivity index (χ0v) is 12.7. The summed E-state index contributed by atoms with van der Waals surface area (Å²) in [5, 5.41) is 5.83. The van der Waals surface area contributed by atoms with Crippen LogP contribution in [0, 0.1) is 0 Å². The summed E-state index contributed by atoms with van der Waals surface area (Å²) in [6, 6.07) is 0.669. The molecule has 0 aromatic rings. The fraction of sp³-hybridized carbons (Fsp3) is 0.933.